The summed E-state index contributed by atoms with van der Waals surface area (Å²) in [4.78, 5) is 11.7. The lowest BCUT2D eigenvalue weighted by Gasteiger charge is -2.01. The summed E-state index contributed by atoms with van der Waals surface area (Å²) in [6.45, 7) is 0. The Bertz CT molecular complexity index is 706. The predicted octanol–water partition coefficient (Wildman–Crippen LogP) is 3.28. The number of hydrogen-bond acceptors (Lipinski definition) is 4. The number of anilines is 1. The van der Waals surface area contributed by atoms with Crippen molar-refractivity contribution in [1.29, 1.82) is 0 Å². The second kappa shape index (κ2) is 5.83. The molecule has 5 nitrogen and oxygen atoms in total. The van der Waals surface area contributed by atoms with E-state index in [9.17, 15) is 4.79 Å². The highest BCUT2D eigenvalue weighted by atomic mass is 32.2. The molecule has 1 aromatic carbocycles. The fourth-order valence-electron chi connectivity index (χ4n) is 1.85. The van der Waals surface area contributed by atoms with Crippen molar-refractivity contribution in [3.8, 4) is 0 Å². The smallest absolute Gasteiger partial charge is 0.225 e. The van der Waals surface area contributed by atoms with Gasteiger partial charge in [-0.3, -0.25) is 9.89 Å². The van der Waals surface area contributed by atoms with E-state index < -0.39 is 0 Å². The Balaban J connectivity index is 1.53. The molecule has 6 heteroatoms. The van der Waals surface area contributed by atoms with Gasteiger partial charge in [0.2, 0.25) is 5.91 Å². The second-order valence-corrected chi connectivity index (χ2v) is 5.32. The van der Waals surface area contributed by atoms with Crippen LogP contribution >= 0.6 is 11.8 Å². The van der Waals surface area contributed by atoms with E-state index in [1.165, 1.54) is 12.5 Å². The average molecular weight is 287 g/mol. The van der Waals surface area contributed by atoms with E-state index in [1.54, 1.807) is 17.8 Å². The molecule has 0 radical (unpaired) electrons. The summed E-state index contributed by atoms with van der Waals surface area (Å²) >= 11 is 1.57. The molecule has 0 spiro atoms. The number of carbonyl (C=O) groups is 1. The average Bonchev–Trinajstić information content (AvgIpc) is 3.09. The van der Waals surface area contributed by atoms with Crippen molar-refractivity contribution in [1.82, 2.24) is 10.2 Å². The summed E-state index contributed by atoms with van der Waals surface area (Å²) < 4.78 is 4.89. The van der Waals surface area contributed by atoms with Crippen LogP contribution in [0.25, 0.3) is 10.9 Å². The Morgan fingerprint density at radius 1 is 1.35 bits per heavy atom. The van der Waals surface area contributed by atoms with Crippen LogP contribution in [0.5, 0.6) is 0 Å². The fourth-order valence-corrected chi connectivity index (χ4v) is 2.77. The summed E-state index contributed by atoms with van der Waals surface area (Å²) in [6, 6.07) is 9.66. The number of benzene rings is 1. The van der Waals surface area contributed by atoms with Gasteiger partial charge in [0.1, 0.15) is 11.3 Å². The molecule has 2 aromatic heterocycles. The van der Waals surface area contributed by atoms with E-state index in [4.69, 9.17) is 4.42 Å². The Hall–Kier alpha value is -2.21. The molecule has 0 fully saturated rings. The first-order valence-electron chi connectivity index (χ1n) is 6.21. The maximum absolute atomic E-state index is 11.7. The highest BCUT2D eigenvalue weighted by molar-refractivity contribution is 7.99. The van der Waals surface area contributed by atoms with Crippen molar-refractivity contribution in [3.63, 3.8) is 0 Å². The number of furan rings is 1. The van der Waals surface area contributed by atoms with Crippen molar-refractivity contribution in [2.24, 2.45) is 0 Å². The van der Waals surface area contributed by atoms with Crippen molar-refractivity contribution >= 4 is 34.3 Å². The lowest BCUT2D eigenvalue weighted by molar-refractivity contribution is -0.115. The molecule has 0 bridgehead atoms. The lowest BCUT2D eigenvalue weighted by atomic mass is 10.3. The minimum Gasteiger partial charge on any atom is -0.470 e. The number of thioether (sulfide) groups is 1. The van der Waals surface area contributed by atoms with Gasteiger partial charge in [-0.05, 0) is 12.1 Å². The Morgan fingerprint density at radius 2 is 2.25 bits per heavy atom. The zero-order valence-electron chi connectivity index (χ0n) is 10.6. The largest absolute Gasteiger partial charge is 0.470 e. The first-order valence-corrected chi connectivity index (χ1v) is 7.19. The summed E-state index contributed by atoms with van der Waals surface area (Å²) in [5.41, 5.74) is 1.70. The van der Waals surface area contributed by atoms with E-state index in [-0.39, 0.29) is 5.91 Å². The first-order chi connectivity index (χ1) is 9.83. The summed E-state index contributed by atoms with van der Waals surface area (Å²) in [5, 5.41) is 12.0. The molecule has 2 heterocycles. The standard InChI is InChI=1S/C14H13N3O2S/c18-13(15-10-5-7-19-9-10)6-8-20-14-11-3-1-2-4-12(11)16-17-14/h1-5,7,9H,6,8H2,(H,15,18)(H,16,17). The lowest BCUT2D eigenvalue weighted by Crippen LogP contribution is -2.11. The molecule has 0 saturated heterocycles. The number of hydrogen-bond donors (Lipinski definition) is 2. The van der Waals surface area contributed by atoms with E-state index in [0.29, 0.717) is 17.9 Å². The van der Waals surface area contributed by atoms with Gasteiger partial charge < -0.3 is 9.73 Å². The topological polar surface area (TPSA) is 70.9 Å². The number of amides is 1. The van der Waals surface area contributed by atoms with Gasteiger partial charge in [0.15, 0.2) is 0 Å². The molecule has 2 N–H and O–H groups in total. The summed E-state index contributed by atoms with van der Waals surface area (Å²) in [6.07, 6.45) is 3.46. The van der Waals surface area contributed by atoms with E-state index in [0.717, 1.165) is 15.9 Å². The molecule has 0 atom stereocenters. The van der Waals surface area contributed by atoms with Crippen molar-refractivity contribution in [2.45, 2.75) is 11.4 Å². The van der Waals surface area contributed by atoms with E-state index in [1.807, 2.05) is 24.3 Å². The first kappa shape index (κ1) is 12.8. The van der Waals surface area contributed by atoms with Gasteiger partial charge in [-0.2, -0.15) is 5.10 Å². The number of aromatic amines is 1. The van der Waals surface area contributed by atoms with Crippen LogP contribution in [0.2, 0.25) is 0 Å². The molecule has 3 rings (SSSR count). The quantitative estimate of drug-likeness (QED) is 0.706. The van der Waals surface area contributed by atoms with Gasteiger partial charge in [-0.1, -0.05) is 18.2 Å². The van der Waals surface area contributed by atoms with Crippen molar-refractivity contribution in [2.75, 3.05) is 11.1 Å². The van der Waals surface area contributed by atoms with E-state index in [2.05, 4.69) is 15.5 Å². The maximum atomic E-state index is 11.7. The molecule has 0 saturated carbocycles. The molecule has 0 aliphatic heterocycles. The zero-order valence-corrected chi connectivity index (χ0v) is 11.4. The van der Waals surface area contributed by atoms with Gasteiger partial charge in [0, 0.05) is 17.6 Å². The molecular weight excluding hydrogens is 274 g/mol. The Labute approximate surface area is 119 Å². The third kappa shape index (κ3) is 2.85. The maximum Gasteiger partial charge on any atom is 0.225 e. The number of para-hydroxylation sites is 1. The number of aromatic nitrogens is 2. The number of H-pyrrole nitrogens is 1. The Morgan fingerprint density at radius 3 is 3.10 bits per heavy atom. The summed E-state index contributed by atoms with van der Waals surface area (Å²) in [7, 11) is 0. The number of rotatable bonds is 5. The van der Waals surface area contributed by atoms with Crippen LogP contribution in [0, 0.1) is 0 Å². The molecule has 3 aromatic rings. The summed E-state index contributed by atoms with van der Waals surface area (Å²) in [5.74, 6) is 0.650. The van der Waals surface area contributed by atoms with E-state index >= 15 is 0 Å². The second-order valence-electron chi connectivity index (χ2n) is 4.23. The predicted molar refractivity (Wildman–Crippen MR) is 78.8 cm³/mol. The van der Waals surface area contributed by atoms with Gasteiger partial charge in [-0.15, -0.1) is 11.8 Å². The van der Waals surface area contributed by atoms with Crippen LogP contribution < -0.4 is 5.32 Å². The molecule has 102 valence electrons. The number of fused-ring (bicyclic) bond motifs is 1. The van der Waals surface area contributed by atoms with Crippen molar-refractivity contribution < 1.29 is 9.21 Å². The molecule has 1 amide bonds. The Kier molecular flexibility index (Phi) is 3.73. The molecule has 20 heavy (non-hydrogen) atoms. The zero-order chi connectivity index (χ0) is 13.8. The third-order valence-corrected chi connectivity index (χ3v) is 3.80. The number of nitrogens with zero attached hydrogens (tertiary/aromatic N) is 1. The highest BCUT2D eigenvalue weighted by Gasteiger charge is 2.07. The third-order valence-electron chi connectivity index (χ3n) is 2.81. The fraction of sp³-hybridized carbons (Fsp3) is 0.143. The monoisotopic (exact) mass is 287 g/mol. The number of nitrogens with one attached hydrogen (secondary N) is 2. The molecular formula is C14H13N3O2S. The van der Waals surface area contributed by atoms with Crippen molar-refractivity contribution in [3.05, 3.63) is 42.9 Å². The van der Waals surface area contributed by atoms with Crippen LogP contribution in [0.15, 0.2) is 52.3 Å². The molecule has 0 aliphatic rings. The van der Waals surface area contributed by atoms with Gasteiger partial charge >= 0.3 is 0 Å². The number of carbonyl (C=O) groups excluding carboxylic acids is 1. The SMILES string of the molecule is O=C(CCSc1n[nH]c2ccccc12)Nc1ccoc1. The van der Waals surface area contributed by atoms with Gasteiger partial charge in [0.25, 0.3) is 0 Å². The van der Waals surface area contributed by atoms with Crippen LogP contribution in [0.4, 0.5) is 5.69 Å². The normalized spacial score (nSPS) is 10.8. The molecule has 0 unspecified atom stereocenters. The van der Waals surface area contributed by atoms with Crippen LogP contribution in [0.1, 0.15) is 6.42 Å². The van der Waals surface area contributed by atoms with Crippen LogP contribution in [-0.2, 0) is 4.79 Å². The minimum absolute atomic E-state index is 0.0289. The van der Waals surface area contributed by atoms with Gasteiger partial charge in [0.05, 0.1) is 17.5 Å². The van der Waals surface area contributed by atoms with Crippen LogP contribution in [0.3, 0.4) is 0 Å². The molecule has 0 aliphatic carbocycles. The van der Waals surface area contributed by atoms with Crippen LogP contribution in [-0.4, -0.2) is 21.9 Å². The van der Waals surface area contributed by atoms with Gasteiger partial charge in [-0.25, -0.2) is 0 Å². The minimum atomic E-state index is -0.0289. The highest BCUT2D eigenvalue weighted by Crippen LogP contribution is 2.25.